The largest absolute Gasteiger partial charge is 0.442 e. The molecule has 0 atom stereocenters. The third-order valence-electron chi connectivity index (χ3n) is 4.91. The predicted molar refractivity (Wildman–Crippen MR) is 138 cm³/mol. The summed E-state index contributed by atoms with van der Waals surface area (Å²) in [7, 11) is 3.35. The monoisotopic (exact) mass is 498 g/mol. The Balaban J connectivity index is 1.52. The van der Waals surface area contributed by atoms with Crippen molar-refractivity contribution in [3.8, 4) is 23.4 Å². The van der Waals surface area contributed by atoms with E-state index in [1.54, 1.807) is 77.7 Å². The molecule has 3 heterocycles. The number of nitrogens with one attached hydrogen (secondary N) is 1. The minimum absolute atomic E-state index is 0.0733. The minimum atomic E-state index is -0.619. The summed E-state index contributed by atoms with van der Waals surface area (Å²) in [6, 6.07) is 8.80. The zero-order valence-corrected chi connectivity index (χ0v) is 21.2. The lowest BCUT2D eigenvalue weighted by Crippen LogP contribution is -2.29. The summed E-state index contributed by atoms with van der Waals surface area (Å²) in [5.74, 6) is 6.70. The summed E-state index contributed by atoms with van der Waals surface area (Å²) in [4.78, 5) is 43.0. The number of benzene rings is 1. The van der Waals surface area contributed by atoms with Crippen LogP contribution in [0.1, 0.15) is 32.0 Å². The van der Waals surface area contributed by atoms with Crippen molar-refractivity contribution in [2.24, 2.45) is 0 Å². The molecule has 4 rings (SSSR count). The fourth-order valence-corrected chi connectivity index (χ4v) is 3.13. The van der Waals surface area contributed by atoms with E-state index in [1.165, 1.54) is 9.58 Å². The SMILES string of the molecule is CN(C)C(=O)CNc1nccc(-c2nccc(C#Cc3ccc4c(cnn4C(=O)OC(C)(C)C)c3)n2)n1. The Kier molecular flexibility index (Phi) is 7.11. The Morgan fingerprint density at radius 3 is 2.59 bits per heavy atom. The van der Waals surface area contributed by atoms with Gasteiger partial charge in [0.2, 0.25) is 11.9 Å². The number of anilines is 1. The van der Waals surface area contributed by atoms with Gasteiger partial charge in [0.05, 0.1) is 18.3 Å². The van der Waals surface area contributed by atoms with Crippen LogP contribution in [0.5, 0.6) is 0 Å². The Morgan fingerprint density at radius 1 is 1.05 bits per heavy atom. The van der Waals surface area contributed by atoms with Gasteiger partial charge in [-0.25, -0.2) is 24.7 Å². The van der Waals surface area contributed by atoms with Crippen LogP contribution in [-0.4, -0.2) is 72.9 Å². The second-order valence-corrected chi connectivity index (χ2v) is 9.23. The first-order valence-electron chi connectivity index (χ1n) is 11.4. The number of carbonyl (C=O) groups excluding carboxylic acids is 2. The molecule has 11 nitrogen and oxygen atoms in total. The van der Waals surface area contributed by atoms with E-state index in [1.807, 2.05) is 6.07 Å². The minimum Gasteiger partial charge on any atom is -0.442 e. The van der Waals surface area contributed by atoms with Gasteiger partial charge < -0.3 is 15.0 Å². The number of nitrogens with zero attached hydrogens (tertiary/aromatic N) is 7. The first kappa shape index (κ1) is 25.2. The van der Waals surface area contributed by atoms with Gasteiger partial charge in [-0.15, -0.1) is 0 Å². The molecule has 0 spiro atoms. The van der Waals surface area contributed by atoms with E-state index in [4.69, 9.17) is 4.74 Å². The lowest BCUT2D eigenvalue weighted by atomic mass is 10.1. The Bertz CT molecular complexity index is 1530. The Morgan fingerprint density at radius 2 is 1.84 bits per heavy atom. The van der Waals surface area contributed by atoms with Crippen LogP contribution in [0.4, 0.5) is 10.7 Å². The summed E-state index contributed by atoms with van der Waals surface area (Å²) in [6.45, 7) is 5.48. The maximum atomic E-state index is 12.4. The summed E-state index contributed by atoms with van der Waals surface area (Å²) in [5.41, 5.74) is 1.74. The van der Waals surface area contributed by atoms with Crippen LogP contribution in [0.25, 0.3) is 22.4 Å². The molecule has 0 saturated carbocycles. The lowest BCUT2D eigenvalue weighted by Gasteiger charge is -2.19. The van der Waals surface area contributed by atoms with Crippen LogP contribution in [0.2, 0.25) is 0 Å². The fraction of sp³-hybridized carbons (Fsp3) is 0.269. The van der Waals surface area contributed by atoms with E-state index < -0.39 is 11.7 Å². The molecule has 0 unspecified atom stereocenters. The maximum Gasteiger partial charge on any atom is 0.435 e. The highest BCUT2D eigenvalue weighted by Crippen LogP contribution is 2.18. The number of hydrogen-bond acceptors (Lipinski definition) is 9. The van der Waals surface area contributed by atoms with Crippen LogP contribution in [0, 0.1) is 11.8 Å². The van der Waals surface area contributed by atoms with Gasteiger partial charge in [0.25, 0.3) is 0 Å². The third-order valence-corrected chi connectivity index (χ3v) is 4.91. The number of fused-ring (bicyclic) bond motifs is 1. The van der Waals surface area contributed by atoms with Crippen LogP contribution in [0.15, 0.2) is 48.9 Å². The quantitative estimate of drug-likeness (QED) is 0.422. The molecule has 1 N–H and O–H groups in total. The molecule has 11 heteroatoms. The molecule has 37 heavy (non-hydrogen) atoms. The molecule has 0 aliphatic carbocycles. The molecule has 3 aromatic heterocycles. The van der Waals surface area contributed by atoms with E-state index in [2.05, 4.69) is 42.2 Å². The van der Waals surface area contributed by atoms with Crippen molar-refractivity contribution in [1.82, 2.24) is 34.6 Å². The van der Waals surface area contributed by atoms with Gasteiger partial charge in [0.1, 0.15) is 17.0 Å². The van der Waals surface area contributed by atoms with Crippen molar-refractivity contribution < 1.29 is 14.3 Å². The fourth-order valence-electron chi connectivity index (χ4n) is 3.13. The third kappa shape index (κ3) is 6.43. The van der Waals surface area contributed by atoms with Gasteiger partial charge in [-0.2, -0.15) is 9.78 Å². The second-order valence-electron chi connectivity index (χ2n) is 9.23. The van der Waals surface area contributed by atoms with Crippen molar-refractivity contribution in [2.45, 2.75) is 26.4 Å². The summed E-state index contributed by atoms with van der Waals surface area (Å²) in [5, 5.41) is 7.82. The van der Waals surface area contributed by atoms with Crippen LogP contribution < -0.4 is 5.32 Å². The first-order chi connectivity index (χ1) is 17.6. The molecule has 0 bridgehead atoms. The van der Waals surface area contributed by atoms with Crippen molar-refractivity contribution >= 4 is 28.9 Å². The molecule has 0 aliphatic rings. The van der Waals surface area contributed by atoms with Crippen molar-refractivity contribution in [3.63, 3.8) is 0 Å². The number of ether oxygens (including phenoxy) is 1. The van der Waals surface area contributed by atoms with Gasteiger partial charge in [-0.3, -0.25) is 4.79 Å². The molecule has 188 valence electrons. The molecule has 0 saturated heterocycles. The van der Waals surface area contributed by atoms with Gasteiger partial charge in [0, 0.05) is 37.4 Å². The van der Waals surface area contributed by atoms with Crippen LogP contribution in [0.3, 0.4) is 0 Å². The number of aromatic nitrogens is 6. The van der Waals surface area contributed by atoms with E-state index in [9.17, 15) is 9.59 Å². The number of likely N-dealkylation sites (N-methyl/N-ethyl adjacent to an activating group) is 1. The summed E-state index contributed by atoms with van der Waals surface area (Å²) < 4.78 is 6.64. The van der Waals surface area contributed by atoms with E-state index >= 15 is 0 Å². The van der Waals surface area contributed by atoms with E-state index in [0.29, 0.717) is 28.7 Å². The molecule has 1 aromatic carbocycles. The highest BCUT2D eigenvalue weighted by atomic mass is 16.6. The highest BCUT2D eigenvalue weighted by molar-refractivity contribution is 5.88. The number of amides is 1. The van der Waals surface area contributed by atoms with Crippen LogP contribution in [-0.2, 0) is 9.53 Å². The topological polar surface area (TPSA) is 128 Å². The van der Waals surface area contributed by atoms with E-state index in [0.717, 1.165) is 10.9 Å². The highest BCUT2D eigenvalue weighted by Gasteiger charge is 2.20. The van der Waals surface area contributed by atoms with Crippen LogP contribution >= 0.6 is 0 Å². The number of carbonyl (C=O) groups is 2. The normalized spacial score (nSPS) is 10.9. The smallest absolute Gasteiger partial charge is 0.435 e. The summed E-state index contributed by atoms with van der Waals surface area (Å²) in [6.07, 6.45) is 4.23. The molecular formula is C26H26N8O3. The Hall–Kier alpha value is -4.85. The molecular weight excluding hydrogens is 472 g/mol. The van der Waals surface area contributed by atoms with Crippen molar-refractivity contribution in [1.29, 1.82) is 0 Å². The Labute approximate surface area is 213 Å². The molecule has 0 aliphatic heterocycles. The summed E-state index contributed by atoms with van der Waals surface area (Å²) >= 11 is 0. The average Bonchev–Trinajstić information content (AvgIpc) is 3.29. The zero-order valence-electron chi connectivity index (χ0n) is 21.2. The second kappa shape index (κ2) is 10.4. The maximum absolute atomic E-state index is 12.4. The standard InChI is InChI=1S/C26H26N8O3/c1-26(2,3)37-25(36)34-21-9-7-17(14-18(21)15-30-34)6-8-19-10-12-27-23(31-19)20-11-13-28-24(32-20)29-16-22(35)33(4)5/h7,9-15H,16H2,1-5H3,(H,28,29,32). The van der Waals surface area contributed by atoms with Crippen molar-refractivity contribution in [2.75, 3.05) is 26.0 Å². The van der Waals surface area contributed by atoms with Gasteiger partial charge >= 0.3 is 6.09 Å². The number of rotatable bonds is 4. The lowest BCUT2D eigenvalue weighted by molar-refractivity contribution is -0.126. The zero-order chi connectivity index (χ0) is 26.6. The molecule has 0 fully saturated rings. The first-order valence-corrected chi connectivity index (χ1v) is 11.4. The van der Waals surface area contributed by atoms with E-state index in [-0.39, 0.29) is 12.5 Å². The van der Waals surface area contributed by atoms with Gasteiger partial charge in [-0.05, 0) is 57.0 Å². The predicted octanol–water partition coefficient (Wildman–Crippen LogP) is 2.97. The molecule has 0 radical (unpaired) electrons. The van der Waals surface area contributed by atoms with Gasteiger partial charge in [-0.1, -0.05) is 5.92 Å². The number of hydrogen-bond donors (Lipinski definition) is 1. The van der Waals surface area contributed by atoms with Gasteiger partial charge in [0.15, 0.2) is 5.82 Å². The average molecular weight is 499 g/mol. The molecule has 1 amide bonds. The molecule has 4 aromatic rings. The van der Waals surface area contributed by atoms with Crippen molar-refractivity contribution in [3.05, 3.63) is 60.2 Å².